The van der Waals surface area contributed by atoms with E-state index in [0.29, 0.717) is 6.42 Å². The number of carbonyl (C=O) groups excluding carboxylic acids is 1. The van der Waals surface area contributed by atoms with Crippen LogP contribution in [0.4, 0.5) is 0 Å². The van der Waals surface area contributed by atoms with Crippen LogP contribution in [0.2, 0.25) is 0 Å². The van der Waals surface area contributed by atoms with Crippen molar-refractivity contribution >= 4 is 28.6 Å². The largest absolute Gasteiger partial charge is 0.336 e. The maximum Gasteiger partial charge on any atom is 0.223 e. The topological polar surface area (TPSA) is 20.3 Å². The Balaban J connectivity index is 1.65. The van der Waals surface area contributed by atoms with Crippen molar-refractivity contribution in [2.45, 2.75) is 32.2 Å². The Hall–Kier alpha value is -1.13. The minimum atomic E-state index is 0.242. The molecular weight excluding hydrogens is 274 g/mol. The van der Waals surface area contributed by atoms with Crippen LogP contribution in [0.15, 0.2) is 29.0 Å². The fraction of sp³-hybridized carbons (Fsp3) is 0.400. The van der Waals surface area contributed by atoms with Crippen molar-refractivity contribution in [1.82, 2.24) is 4.90 Å². The summed E-state index contributed by atoms with van der Waals surface area (Å²) in [6, 6.07) is 6.56. The third-order valence-electron chi connectivity index (χ3n) is 3.76. The molecule has 0 radical (unpaired) electrons. The SMILES string of the molecule is C[C@H]1c2ccsc2CCN1C(=O)CCc1cccs1. The average molecular weight is 291 g/mol. The zero-order valence-corrected chi connectivity index (χ0v) is 12.6. The number of rotatable bonds is 3. The number of nitrogens with zero attached hydrogens (tertiary/aromatic N) is 1. The molecule has 2 aromatic heterocycles. The van der Waals surface area contributed by atoms with E-state index in [1.807, 2.05) is 22.3 Å². The molecule has 2 aromatic rings. The lowest BCUT2D eigenvalue weighted by atomic mass is 10.0. The van der Waals surface area contributed by atoms with E-state index in [4.69, 9.17) is 0 Å². The van der Waals surface area contributed by atoms with Crippen LogP contribution in [0.3, 0.4) is 0 Å². The van der Waals surface area contributed by atoms with Crippen LogP contribution in [0.25, 0.3) is 0 Å². The van der Waals surface area contributed by atoms with E-state index in [-0.39, 0.29) is 11.9 Å². The van der Waals surface area contributed by atoms with Gasteiger partial charge in [-0.25, -0.2) is 0 Å². The van der Waals surface area contributed by atoms with Gasteiger partial charge in [0.15, 0.2) is 0 Å². The molecule has 1 amide bonds. The van der Waals surface area contributed by atoms with Crippen molar-refractivity contribution < 1.29 is 4.79 Å². The molecule has 0 N–H and O–H groups in total. The van der Waals surface area contributed by atoms with Gasteiger partial charge in [0.25, 0.3) is 0 Å². The van der Waals surface area contributed by atoms with E-state index in [1.54, 1.807) is 11.3 Å². The molecule has 0 spiro atoms. The molecule has 0 aromatic carbocycles. The number of hydrogen-bond donors (Lipinski definition) is 0. The van der Waals surface area contributed by atoms with E-state index in [9.17, 15) is 4.79 Å². The quantitative estimate of drug-likeness (QED) is 0.840. The van der Waals surface area contributed by atoms with Gasteiger partial charge in [0.05, 0.1) is 6.04 Å². The van der Waals surface area contributed by atoms with Crippen LogP contribution in [0.5, 0.6) is 0 Å². The van der Waals surface area contributed by atoms with Gasteiger partial charge < -0.3 is 4.90 Å². The minimum absolute atomic E-state index is 0.242. The second kappa shape index (κ2) is 5.47. The Morgan fingerprint density at radius 2 is 2.26 bits per heavy atom. The molecule has 4 heteroatoms. The molecule has 19 heavy (non-hydrogen) atoms. The number of aryl methyl sites for hydroxylation is 1. The third-order valence-corrected chi connectivity index (χ3v) is 5.70. The molecular formula is C15H17NOS2. The monoisotopic (exact) mass is 291 g/mol. The van der Waals surface area contributed by atoms with Crippen molar-refractivity contribution in [1.29, 1.82) is 0 Å². The summed E-state index contributed by atoms with van der Waals surface area (Å²) in [5.74, 6) is 0.290. The highest BCUT2D eigenvalue weighted by molar-refractivity contribution is 7.10. The van der Waals surface area contributed by atoms with Crippen LogP contribution in [0, 0.1) is 0 Å². The normalized spacial score (nSPS) is 18.4. The van der Waals surface area contributed by atoms with Gasteiger partial charge in [0, 0.05) is 22.7 Å². The van der Waals surface area contributed by atoms with Crippen LogP contribution < -0.4 is 0 Å². The molecule has 100 valence electrons. The standard InChI is InChI=1S/C15H17NOS2/c1-11-13-7-10-19-14(13)6-8-16(11)15(17)5-4-12-3-2-9-18-12/h2-3,7,9-11H,4-6,8H2,1H3/t11-/m0/s1. The summed E-state index contributed by atoms with van der Waals surface area (Å²) in [5.41, 5.74) is 1.35. The minimum Gasteiger partial charge on any atom is -0.336 e. The summed E-state index contributed by atoms with van der Waals surface area (Å²) in [4.78, 5) is 17.2. The summed E-state index contributed by atoms with van der Waals surface area (Å²) in [7, 11) is 0. The summed E-state index contributed by atoms with van der Waals surface area (Å²) >= 11 is 3.55. The molecule has 0 unspecified atom stereocenters. The van der Waals surface area contributed by atoms with Crippen molar-refractivity contribution in [3.05, 3.63) is 44.3 Å². The summed E-state index contributed by atoms with van der Waals surface area (Å²) in [6.07, 6.45) is 2.52. The second-order valence-electron chi connectivity index (χ2n) is 4.89. The van der Waals surface area contributed by atoms with E-state index in [2.05, 4.69) is 29.8 Å². The van der Waals surface area contributed by atoms with Crippen LogP contribution in [-0.4, -0.2) is 17.4 Å². The summed E-state index contributed by atoms with van der Waals surface area (Å²) < 4.78 is 0. The van der Waals surface area contributed by atoms with E-state index >= 15 is 0 Å². The number of hydrogen-bond acceptors (Lipinski definition) is 3. The fourth-order valence-electron chi connectivity index (χ4n) is 2.68. The molecule has 1 aliphatic heterocycles. The Morgan fingerprint density at radius 3 is 3.05 bits per heavy atom. The molecule has 0 aliphatic carbocycles. The van der Waals surface area contributed by atoms with Crippen molar-refractivity contribution in [3.63, 3.8) is 0 Å². The molecule has 0 saturated heterocycles. The smallest absolute Gasteiger partial charge is 0.223 e. The lowest BCUT2D eigenvalue weighted by Gasteiger charge is -2.33. The first-order valence-electron chi connectivity index (χ1n) is 6.64. The molecule has 0 bridgehead atoms. The van der Waals surface area contributed by atoms with E-state index in [0.717, 1.165) is 19.4 Å². The molecule has 0 saturated carbocycles. The summed E-state index contributed by atoms with van der Waals surface area (Å²) in [6.45, 7) is 3.02. The highest BCUT2D eigenvalue weighted by atomic mass is 32.1. The van der Waals surface area contributed by atoms with Crippen LogP contribution >= 0.6 is 22.7 Å². The highest BCUT2D eigenvalue weighted by Crippen LogP contribution is 2.33. The Labute approximate surface area is 121 Å². The van der Waals surface area contributed by atoms with Crippen molar-refractivity contribution in [2.75, 3.05) is 6.54 Å². The Kier molecular flexibility index (Phi) is 3.71. The lowest BCUT2D eigenvalue weighted by molar-refractivity contribution is -0.133. The first-order valence-corrected chi connectivity index (χ1v) is 8.40. The predicted octanol–water partition coefficient (Wildman–Crippen LogP) is 3.89. The van der Waals surface area contributed by atoms with Gasteiger partial charge in [-0.15, -0.1) is 22.7 Å². The number of carbonyl (C=O) groups is 1. The molecule has 1 aliphatic rings. The zero-order chi connectivity index (χ0) is 13.2. The maximum absolute atomic E-state index is 12.4. The number of amides is 1. The maximum atomic E-state index is 12.4. The molecule has 3 rings (SSSR count). The molecule has 2 nitrogen and oxygen atoms in total. The average Bonchev–Trinajstić information content (AvgIpc) is 3.07. The predicted molar refractivity (Wildman–Crippen MR) is 80.8 cm³/mol. The lowest BCUT2D eigenvalue weighted by Crippen LogP contribution is -2.38. The second-order valence-corrected chi connectivity index (χ2v) is 6.92. The van der Waals surface area contributed by atoms with Crippen molar-refractivity contribution in [2.24, 2.45) is 0 Å². The van der Waals surface area contributed by atoms with E-state index in [1.165, 1.54) is 15.3 Å². The van der Waals surface area contributed by atoms with Gasteiger partial charge in [0.1, 0.15) is 0 Å². The van der Waals surface area contributed by atoms with Gasteiger partial charge >= 0.3 is 0 Å². The highest BCUT2D eigenvalue weighted by Gasteiger charge is 2.27. The Morgan fingerprint density at radius 1 is 1.37 bits per heavy atom. The summed E-state index contributed by atoms with van der Waals surface area (Å²) in [5, 5.41) is 4.21. The third kappa shape index (κ3) is 2.60. The van der Waals surface area contributed by atoms with Gasteiger partial charge in [-0.2, -0.15) is 0 Å². The molecule has 3 heterocycles. The first-order chi connectivity index (χ1) is 9.25. The number of thiophene rings is 2. The van der Waals surface area contributed by atoms with Gasteiger partial charge in [0.2, 0.25) is 5.91 Å². The van der Waals surface area contributed by atoms with Gasteiger partial charge in [-0.05, 0) is 48.2 Å². The van der Waals surface area contributed by atoms with Gasteiger partial charge in [-0.3, -0.25) is 4.79 Å². The Bertz CT molecular complexity index is 558. The van der Waals surface area contributed by atoms with Crippen LogP contribution in [-0.2, 0) is 17.6 Å². The van der Waals surface area contributed by atoms with Crippen LogP contribution in [0.1, 0.15) is 34.7 Å². The first kappa shape index (κ1) is 12.9. The molecule has 1 atom stereocenters. The van der Waals surface area contributed by atoms with Gasteiger partial charge in [-0.1, -0.05) is 6.07 Å². The fourth-order valence-corrected chi connectivity index (χ4v) is 4.35. The zero-order valence-electron chi connectivity index (χ0n) is 11.0. The van der Waals surface area contributed by atoms with E-state index < -0.39 is 0 Å². The number of fused-ring (bicyclic) bond motifs is 1. The van der Waals surface area contributed by atoms with Crippen molar-refractivity contribution in [3.8, 4) is 0 Å². The molecule has 0 fully saturated rings.